The van der Waals surface area contributed by atoms with Crippen molar-refractivity contribution in [1.29, 1.82) is 0 Å². The Morgan fingerprint density at radius 1 is 1.12 bits per heavy atom. The molecule has 26 heavy (non-hydrogen) atoms. The van der Waals surface area contributed by atoms with E-state index in [-0.39, 0.29) is 30.8 Å². The standard InChI is InChI=1S/C19H24N2O5/c1-12-3-4-13(19(24)25)10-20(12)18(23)14-9-17(22)21(11-14)15-5-7-16(26-2)8-6-15/h5-8,12-14H,3-4,9-11H2,1-2H3,(H,24,25). The lowest BCUT2D eigenvalue weighted by Gasteiger charge is -2.37. The van der Waals surface area contributed by atoms with Gasteiger partial charge in [-0.2, -0.15) is 0 Å². The largest absolute Gasteiger partial charge is 0.497 e. The van der Waals surface area contributed by atoms with Gasteiger partial charge in [-0.15, -0.1) is 0 Å². The minimum absolute atomic E-state index is 0.00300. The summed E-state index contributed by atoms with van der Waals surface area (Å²) in [6.07, 6.45) is 1.42. The second-order valence-corrected chi connectivity index (χ2v) is 7.06. The maximum absolute atomic E-state index is 12.9. The van der Waals surface area contributed by atoms with Crippen molar-refractivity contribution in [2.75, 3.05) is 25.1 Å². The van der Waals surface area contributed by atoms with Gasteiger partial charge in [-0.3, -0.25) is 14.4 Å². The van der Waals surface area contributed by atoms with Crippen LogP contribution in [0.3, 0.4) is 0 Å². The molecule has 0 spiro atoms. The third kappa shape index (κ3) is 3.52. The van der Waals surface area contributed by atoms with E-state index in [4.69, 9.17) is 4.74 Å². The molecule has 2 amide bonds. The number of hydrogen-bond acceptors (Lipinski definition) is 4. The van der Waals surface area contributed by atoms with Crippen molar-refractivity contribution in [3.63, 3.8) is 0 Å². The van der Waals surface area contributed by atoms with E-state index in [0.717, 1.165) is 5.69 Å². The molecule has 3 atom stereocenters. The SMILES string of the molecule is COc1ccc(N2CC(C(=O)N3CC(C(=O)O)CCC3C)CC2=O)cc1. The van der Waals surface area contributed by atoms with E-state index in [2.05, 4.69) is 0 Å². The monoisotopic (exact) mass is 360 g/mol. The summed E-state index contributed by atoms with van der Waals surface area (Å²) in [5.41, 5.74) is 0.737. The molecule has 7 heteroatoms. The van der Waals surface area contributed by atoms with Crippen LogP contribution in [0.5, 0.6) is 5.75 Å². The predicted molar refractivity (Wildman–Crippen MR) is 95.0 cm³/mol. The summed E-state index contributed by atoms with van der Waals surface area (Å²) >= 11 is 0. The number of carboxylic acids is 1. The molecule has 3 rings (SSSR count). The number of nitrogens with zero attached hydrogens (tertiary/aromatic N) is 2. The third-order valence-corrected chi connectivity index (χ3v) is 5.37. The van der Waals surface area contributed by atoms with Gasteiger partial charge in [0.15, 0.2) is 0 Å². The van der Waals surface area contributed by atoms with Crippen LogP contribution in [-0.2, 0) is 14.4 Å². The maximum Gasteiger partial charge on any atom is 0.308 e. The lowest BCUT2D eigenvalue weighted by atomic mass is 9.92. The number of carboxylic acid groups (broad SMARTS) is 1. The molecule has 1 aromatic carbocycles. The molecule has 1 N–H and O–H groups in total. The van der Waals surface area contributed by atoms with Crippen molar-refractivity contribution in [2.45, 2.75) is 32.2 Å². The predicted octanol–water partition coefficient (Wildman–Crippen LogP) is 1.76. The van der Waals surface area contributed by atoms with Crippen LogP contribution in [0.4, 0.5) is 5.69 Å². The van der Waals surface area contributed by atoms with E-state index < -0.39 is 17.8 Å². The van der Waals surface area contributed by atoms with E-state index >= 15 is 0 Å². The highest BCUT2D eigenvalue weighted by molar-refractivity contribution is 6.00. The zero-order valence-corrected chi connectivity index (χ0v) is 15.1. The Balaban J connectivity index is 1.70. The van der Waals surface area contributed by atoms with Crippen LogP contribution in [0, 0.1) is 11.8 Å². The van der Waals surface area contributed by atoms with Gasteiger partial charge in [0.05, 0.1) is 18.9 Å². The second-order valence-electron chi connectivity index (χ2n) is 7.06. The first-order valence-corrected chi connectivity index (χ1v) is 8.88. The van der Waals surface area contributed by atoms with E-state index in [1.54, 1.807) is 41.2 Å². The van der Waals surface area contributed by atoms with Crippen molar-refractivity contribution in [3.8, 4) is 5.75 Å². The average Bonchev–Trinajstić information content (AvgIpc) is 3.03. The molecule has 2 saturated heterocycles. The summed E-state index contributed by atoms with van der Waals surface area (Å²) in [5, 5.41) is 9.25. The van der Waals surface area contributed by atoms with Crippen LogP contribution in [0.15, 0.2) is 24.3 Å². The van der Waals surface area contributed by atoms with Gasteiger partial charge in [-0.25, -0.2) is 0 Å². The lowest BCUT2D eigenvalue weighted by Crippen LogP contribution is -2.49. The fraction of sp³-hybridized carbons (Fsp3) is 0.526. The molecular formula is C19H24N2O5. The lowest BCUT2D eigenvalue weighted by molar-refractivity contribution is -0.148. The molecule has 2 fully saturated rings. The molecule has 0 aromatic heterocycles. The minimum Gasteiger partial charge on any atom is -0.497 e. The highest BCUT2D eigenvalue weighted by Gasteiger charge is 2.40. The van der Waals surface area contributed by atoms with E-state index in [9.17, 15) is 19.5 Å². The highest BCUT2D eigenvalue weighted by Crippen LogP contribution is 2.30. The van der Waals surface area contributed by atoms with Crippen LogP contribution in [0.1, 0.15) is 26.2 Å². The van der Waals surface area contributed by atoms with Crippen molar-refractivity contribution in [1.82, 2.24) is 4.90 Å². The van der Waals surface area contributed by atoms with E-state index in [0.29, 0.717) is 25.1 Å². The number of hydrogen-bond donors (Lipinski definition) is 1. The number of carbonyl (C=O) groups is 3. The van der Waals surface area contributed by atoms with Gasteiger partial charge in [-0.1, -0.05) is 0 Å². The number of ether oxygens (including phenoxy) is 1. The van der Waals surface area contributed by atoms with Crippen LogP contribution in [0.25, 0.3) is 0 Å². The molecule has 2 aliphatic rings. The van der Waals surface area contributed by atoms with Gasteiger partial charge in [-0.05, 0) is 44.0 Å². The average molecular weight is 360 g/mol. The van der Waals surface area contributed by atoms with Gasteiger partial charge in [0, 0.05) is 31.2 Å². The van der Waals surface area contributed by atoms with Gasteiger partial charge in [0.1, 0.15) is 5.75 Å². The molecule has 7 nitrogen and oxygen atoms in total. The van der Waals surface area contributed by atoms with Gasteiger partial charge in [0.2, 0.25) is 11.8 Å². The number of benzene rings is 1. The summed E-state index contributed by atoms with van der Waals surface area (Å²) in [6, 6.07) is 7.16. The molecule has 2 aliphatic heterocycles. The van der Waals surface area contributed by atoms with Gasteiger partial charge in [0.25, 0.3) is 0 Å². The molecule has 1 aromatic rings. The first-order valence-electron chi connectivity index (χ1n) is 8.88. The maximum atomic E-state index is 12.9. The Morgan fingerprint density at radius 3 is 2.42 bits per heavy atom. The molecule has 2 heterocycles. The highest BCUT2D eigenvalue weighted by atomic mass is 16.5. The number of aliphatic carboxylic acids is 1. The van der Waals surface area contributed by atoms with Crippen LogP contribution in [0.2, 0.25) is 0 Å². The normalized spacial score (nSPS) is 26.1. The van der Waals surface area contributed by atoms with Crippen LogP contribution < -0.4 is 9.64 Å². The minimum atomic E-state index is -0.864. The van der Waals surface area contributed by atoms with Crippen LogP contribution in [-0.4, -0.2) is 54.0 Å². The number of likely N-dealkylation sites (tertiary alicyclic amines) is 1. The van der Waals surface area contributed by atoms with Gasteiger partial charge < -0.3 is 19.6 Å². The number of carbonyl (C=O) groups excluding carboxylic acids is 2. The van der Waals surface area contributed by atoms with Crippen molar-refractivity contribution in [2.24, 2.45) is 11.8 Å². The molecular weight excluding hydrogens is 336 g/mol. The molecule has 0 aliphatic carbocycles. The van der Waals surface area contributed by atoms with Gasteiger partial charge >= 0.3 is 5.97 Å². The number of methoxy groups -OCH3 is 1. The summed E-state index contributed by atoms with van der Waals surface area (Å²) < 4.78 is 5.13. The van der Waals surface area contributed by atoms with E-state index in [1.165, 1.54) is 0 Å². The molecule has 140 valence electrons. The summed E-state index contributed by atoms with van der Waals surface area (Å²) in [5.74, 6) is -1.32. The molecule has 0 radical (unpaired) electrons. The zero-order chi connectivity index (χ0) is 18.8. The Kier molecular flexibility index (Phi) is 5.15. The van der Waals surface area contributed by atoms with E-state index in [1.807, 2.05) is 6.92 Å². The van der Waals surface area contributed by atoms with Crippen molar-refractivity contribution in [3.05, 3.63) is 24.3 Å². The summed E-state index contributed by atoms with van der Waals surface area (Å²) in [4.78, 5) is 39.9. The zero-order valence-electron chi connectivity index (χ0n) is 15.1. The third-order valence-electron chi connectivity index (χ3n) is 5.37. The summed E-state index contributed by atoms with van der Waals surface area (Å²) in [6.45, 7) is 2.49. The van der Waals surface area contributed by atoms with Crippen molar-refractivity contribution >= 4 is 23.5 Å². The number of rotatable bonds is 4. The number of anilines is 1. The fourth-order valence-corrected chi connectivity index (χ4v) is 3.73. The quantitative estimate of drug-likeness (QED) is 0.884. The van der Waals surface area contributed by atoms with Crippen LogP contribution >= 0.6 is 0 Å². The fourth-order valence-electron chi connectivity index (χ4n) is 3.73. The Hall–Kier alpha value is -2.57. The summed E-state index contributed by atoms with van der Waals surface area (Å²) in [7, 11) is 1.58. The topological polar surface area (TPSA) is 87.2 Å². The molecule has 3 unspecified atom stereocenters. The Labute approximate surface area is 152 Å². The molecule has 0 bridgehead atoms. The second kappa shape index (κ2) is 7.35. The number of amides is 2. The smallest absolute Gasteiger partial charge is 0.308 e. The number of piperidine rings is 1. The molecule has 0 saturated carbocycles. The van der Waals surface area contributed by atoms with Crippen molar-refractivity contribution < 1.29 is 24.2 Å². The Bertz CT molecular complexity index is 702. The first-order chi connectivity index (χ1) is 12.4. The first kappa shape index (κ1) is 18.2. The Morgan fingerprint density at radius 2 is 1.81 bits per heavy atom.